The van der Waals surface area contributed by atoms with E-state index >= 15 is 0 Å². The quantitative estimate of drug-likeness (QED) is 0.476. The third-order valence-electron chi connectivity index (χ3n) is 5.87. The summed E-state index contributed by atoms with van der Waals surface area (Å²) >= 11 is 0. The van der Waals surface area contributed by atoms with Crippen LogP contribution in [0.3, 0.4) is 0 Å². The van der Waals surface area contributed by atoms with Crippen molar-refractivity contribution in [3.8, 4) is 22.9 Å². The summed E-state index contributed by atoms with van der Waals surface area (Å²) in [5.74, 6) is 0.989. The van der Waals surface area contributed by atoms with E-state index in [4.69, 9.17) is 4.42 Å². The Balaban J connectivity index is 1.25. The Morgan fingerprint density at radius 3 is 2.16 bits per heavy atom. The predicted octanol–water partition coefficient (Wildman–Crippen LogP) is 4.67. The second-order valence-corrected chi connectivity index (χ2v) is 7.92. The molecule has 1 aliphatic rings. The highest BCUT2D eigenvalue weighted by Crippen LogP contribution is 2.26. The van der Waals surface area contributed by atoms with Crippen LogP contribution in [0.5, 0.6) is 0 Å². The van der Waals surface area contributed by atoms with E-state index < -0.39 is 0 Å². The summed E-state index contributed by atoms with van der Waals surface area (Å²) in [6.45, 7) is 5.09. The van der Waals surface area contributed by atoms with Crippen molar-refractivity contribution >= 4 is 11.6 Å². The van der Waals surface area contributed by atoms with Crippen molar-refractivity contribution in [1.82, 2.24) is 15.1 Å². The number of carbonyl (C=O) groups is 1. The molecule has 1 amide bonds. The average Bonchev–Trinajstić information content (AvgIpc) is 3.35. The van der Waals surface area contributed by atoms with Gasteiger partial charge in [-0.15, -0.1) is 10.2 Å². The molecule has 160 valence electrons. The summed E-state index contributed by atoms with van der Waals surface area (Å²) in [5, 5.41) is 8.38. The zero-order chi connectivity index (χ0) is 21.9. The minimum Gasteiger partial charge on any atom is -0.416 e. The van der Waals surface area contributed by atoms with E-state index in [0.29, 0.717) is 30.4 Å². The molecule has 1 aliphatic heterocycles. The van der Waals surface area contributed by atoms with Gasteiger partial charge in [-0.3, -0.25) is 4.79 Å². The number of piperazine rings is 1. The van der Waals surface area contributed by atoms with Gasteiger partial charge < -0.3 is 14.2 Å². The van der Waals surface area contributed by atoms with Crippen molar-refractivity contribution in [2.45, 2.75) is 6.92 Å². The first-order chi connectivity index (χ1) is 15.7. The molecule has 0 bridgehead atoms. The zero-order valence-electron chi connectivity index (χ0n) is 17.9. The highest BCUT2D eigenvalue weighted by molar-refractivity contribution is 5.94. The van der Waals surface area contributed by atoms with Crippen LogP contribution in [0.4, 0.5) is 5.69 Å². The lowest BCUT2D eigenvalue weighted by Crippen LogP contribution is -2.48. The molecule has 1 saturated heterocycles. The first-order valence-corrected chi connectivity index (χ1v) is 10.8. The molecule has 0 saturated carbocycles. The number of amides is 1. The van der Waals surface area contributed by atoms with E-state index in [1.54, 1.807) is 0 Å². The first-order valence-electron chi connectivity index (χ1n) is 10.8. The molecule has 2 heterocycles. The predicted molar refractivity (Wildman–Crippen MR) is 124 cm³/mol. The molecule has 4 aromatic rings. The molecular weight excluding hydrogens is 400 g/mol. The van der Waals surface area contributed by atoms with Crippen LogP contribution in [0.25, 0.3) is 22.9 Å². The van der Waals surface area contributed by atoms with Crippen LogP contribution in [0, 0.1) is 6.92 Å². The highest BCUT2D eigenvalue weighted by Gasteiger charge is 2.22. The first kappa shape index (κ1) is 20.0. The SMILES string of the molecule is Cc1ccccc1-c1nnc(-c2ccc(C(=O)N3CCN(c4ccccc4)CC3)cc2)o1. The number of rotatable bonds is 4. The largest absolute Gasteiger partial charge is 0.416 e. The fourth-order valence-corrected chi connectivity index (χ4v) is 4.01. The number of anilines is 1. The van der Waals surface area contributed by atoms with Gasteiger partial charge in [-0.1, -0.05) is 36.4 Å². The number of hydrogen-bond donors (Lipinski definition) is 0. The molecule has 32 heavy (non-hydrogen) atoms. The lowest BCUT2D eigenvalue weighted by molar-refractivity contribution is 0.0747. The van der Waals surface area contributed by atoms with E-state index in [2.05, 4.69) is 27.2 Å². The fourth-order valence-electron chi connectivity index (χ4n) is 4.01. The molecular formula is C26H24N4O2. The lowest BCUT2D eigenvalue weighted by Gasteiger charge is -2.36. The van der Waals surface area contributed by atoms with E-state index in [9.17, 15) is 4.79 Å². The molecule has 0 spiro atoms. The molecule has 6 nitrogen and oxygen atoms in total. The Labute approximate surface area is 187 Å². The maximum atomic E-state index is 13.0. The molecule has 5 rings (SSSR count). The van der Waals surface area contributed by atoms with E-state index in [-0.39, 0.29) is 5.91 Å². The van der Waals surface area contributed by atoms with Gasteiger partial charge in [-0.05, 0) is 55.0 Å². The van der Waals surface area contributed by atoms with E-state index in [0.717, 1.165) is 29.8 Å². The van der Waals surface area contributed by atoms with Crippen molar-refractivity contribution in [2.24, 2.45) is 0 Å². The number of benzene rings is 3. The van der Waals surface area contributed by atoms with Crippen molar-refractivity contribution in [1.29, 1.82) is 0 Å². The Kier molecular flexibility index (Phi) is 5.42. The molecule has 0 N–H and O–H groups in total. The van der Waals surface area contributed by atoms with Crippen LogP contribution >= 0.6 is 0 Å². The maximum absolute atomic E-state index is 13.0. The second-order valence-electron chi connectivity index (χ2n) is 7.92. The van der Waals surface area contributed by atoms with Gasteiger partial charge in [0.25, 0.3) is 5.91 Å². The minimum absolute atomic E-state index is 0.0513. The lowest BCUT2D eigenvalue weighted by atomic mass is 10.1. The van der Waals surface area contributed by atoms with Gasteiger partial charge >= 0.3 is 0 Å². The van der Waals surface area contributed by atoms with Crippen molar-refractivity contribution < 1.29 is 9.21 Å². The molecule has 0 radical (unpaired) electrons. The van der Waals surface area contributed by atoms with Gasteiger partial charge in [0.2, 0.25) is 11.8 Å². The standard InChI is InChI=1S/C26H24N4O2/c1-19-7-5-6-10-23(19)25-28-27-24(32-25)20-11-13-21(14-12-20)26(31)30-17-15-29(16-18-30)22-8-3-2-4-9-22/h2-14H,15-18H2,1H3. The number of hydrogen-bond acceptors (Lipinski definition) is 5. The van der Waals surface area contributed by atoms with E-state index in [1.807, 2.05) is 78.6 Å². The topological polar surface area (TPSA) is 62.5 Å². The Bertz CT molecular complexity index is 1210. The third-order valence-corrected chi connectivity index (χ3v) is 5.87. The maximum Gasteiger partial charge on any atom is 0.253 e. The number of aromatic nitrogens is 2. The summed E-state index contributed by atoms with van der Waals surface area (Å²) in [5.41, 5.74) is 4.67. The Morgan fingerprint density at radius 1 is 0.781 bits per heavy atom. The molecule has 3 aromatic carbocycles. The third kappa shape index (κ3) is 3.99. The minimum atomic E-state index is 0.0513. The normalized spacial score (nSPS) is 13.9. The summed E-state index contributed by atoms with van der Waals surface area (Å²) in [6, 6.07) is 25.6. The van der Waals surface area contributed by atoms with Gasteiger partial charge in [0, 0.05) is 48.6 Å². The van der Waals surface area contributed by atoms with Crippen LogP contribution < -0.4 is 4.90 Å². The number of carbonyl (C=O) groups excluding carboxylic acids is 1. The Hall–Kier alpha value is -3.93. The van der Waals surface area contributed by atoms with Crippen LogP contribution in [0.2, 0.25) is 0 Å². The van der Waals surface area contributed by atoms with Crippen LogP contribution in [-0.2, 0) is 0 Å². The molecule has 0 unspecified atom stereocenters. The fraction of sp³-hybridized carbons (Fsp3) is 0.192. The van der Waals surface area contributed by atoms with Gasteiger partial charge in [-0.25, -0.2) is 0 Å². The molecule has 0 atom stereocenters. The summed E-state index contributed by atoms with van der Waals surface area (Å²) in [4.78, 5) is 17.2. The molecule has 6 heteroatoms. The second kappa shape index (κ2) is 8.67. The molecule has 0 aliphatic carbocycles. The molecule has 1 fully saturated rings. The summed E-state index contributed by atoms with van der Waals surface area (Å²) < 4.78 is 5.88. The summed E-state index contributed by atoms with van der Waals surface area (Å²) in [6.07, 6.45) is 0. The van der Waals surface area contributed by atoms with Crippen molar-refractivity contribution in [3.05, 3.63) is 90.0 Å². The zero-order valence-corrected chi connectivity index (χ0v) is 17.9. The van der Waals surface area contributed by atoms with Crippen LogP contribution in [-0.4, -0.2) is 47.2 Å². The number of aryl methyl sites for hydroxylation is 1. The smallest absolute Gasteiger partial charge is 0.253 e. The molecule has 1 aromatic heterocycles. The van der Waals surface area contributed by atoms with Gasteiger partial charge in [0.1, 0.15) is 0 Å². The summed E-state index contributed by atoms with van der Waals surface area (Å²) in [7, 11) is 0. The number of nitrogens with zero attached hydrogens (tertiary/aromatic N) is 4. The van der Waals surface area contributed by atoms with Crippen molar-refractivity contribution in [2.75, 3.05) is 31.1 Å². The Morgan fingerprint density at radius 2 is 1.44 bits per heavy atom. The van der Waals surface area contributed by atoms with Crippen LogP contribution in [0.1, 0.15) is 15.9 Å². The van der Waals surface area contributed by atoms with E-state index in [1.165, 1.54) is 5.69 Å². The van der Waals surface area contributed by atoms with Crippen LogP contribution in [0.15, 0.2) is 83.3 Å². The monoisotopic (exact) mass is 424 g/mol. The van der Waals surface area contributed by atoms with Gasteiger partial charge in [0.15, 0.2) is 0 Å². The highest BCUT2D eigenvalue weighted by atomic mass is 16.4. The van der Waals surface area contributed by atoms with Gasteiger partial charge in [-0.2, -0.15) is 0 Å². The number of para-hydroxylation sites is 1. The average molecular weight is 425 g/mol. The van der Waals surface area contributed by atoms with Crippen molar-refractivity contribution in [3.63, 3.8) is 0 Å². The van der Waals surface area contributed by atoms with Gasteiger partial charge in [0.05, 0.1) is 0 Å².